The fraction of sp³-hybridized carbons (Fsp3) is 0.647. The molecule has 2 aliphatic rings. The summed E-state index contributed by atoms with van der Waals surface area (Å²) in [6, 6.07) is 1.72. The van der Waals surface area contributed by atoms with Gasteiger partial charge in [-0.1, -0.05) is 6.92 Å². The number of fused-ring (bicyclic) bond motifs is 1. The van der Waals surface area contributed by atoms with Crippen LogP contribution in [0.1, 0.15) is 43.6 Å². The first-order valence-electron chi connectivity index (χ1n) is 8.35. The Labute approximate surface area is 135 Å². The van der Waals surface area contributed by atoms with E-state index < -0.39 is 11.8 Å². The van der Waals surface area contributed by atoms with E-state index in [4.69, 9.17) is 4.42 Å². The van der Waals surface area contributed by atoms with E-state index in [1.54, 1.807) is 11.2 Å². The Kier molecular flexibility index (Phi) is 4.71. The number of aryl methyl sites for hydroxylation is 1. The average Bonchev–Trinajstić information content (AvgIpc) is 3.03. The predicted octanol–water partition coefficient (Wildman–Crippen LogP) is 1.25. The van der Waals surface area contributed by atoms with Crippen molar-refractivity contribution in [3.05, 3.63) is 23.7 Å². The van der Waals surface area contributed by atoms with Gasteiger partial charge in [-0.2, -0.15) is 0 Å². The van der Waals surface area contributed by atoms with E-state index in [9.17, 15) is 14.7 Å². The normalized spacial score (nSPS) is 27.4. The highest BCUT2D eigenvalue weighted by atomic mass is 16.3. The van der Waals surface area contributed by atoms with Crippen LogP contribution < -0.4 is 5.32 Å². The number of amides is 2. The lowest BCUT2D eigenvalue weighted by molar-refractivity contribution is -0.148. The standard InChI is InChI=1S/C17H24N2O4/c1-11-7-12(10-20)9-19(8-11)17(22)16(21)18-14-3-2-4-15-13(14)5-6-23-15/h5-6,11-12,14,20H,2-4,7-10H2,1H3,(H,18,21). The van der Waals surface area contributed by atoms with E-state index in [1.165, 1.54) is 0 Å². The second-order valence-electron chi connectivity index (χ2n) is 6.82. The molecular formula is C17H24N2O4. The van der Waals surface area contributed by atoms with Gasteiger partial charge in [0.25, 0.3) is 0 Å². The van der Waals surface area contributed by atoms with Gasteiger partial charge in [0, 0.05) is 31.7 Å². The Morgan fingerprint density at radius 2 is 2.26 bits per heavy atom. The summed E-state index contributed by atoms with van der Waals surface area (Å²) in [5.41, 5.74) is 0.984. The van der Waals surface area contributed by atoms with Gasteiger partial charge in [0.1, 0.15) is 5.76 Å². The molecule has 3 atom stereocenters. The van der Waals surface area contributed by atoms with Crippen molar-refractivity contribution in [1.82, 2.24) is 10.2 Å². The van der Waals surface area contributed by atoms with Crippen molar-refractivity contribution in [3.8, 4) is 0 Å². The monoisotopic (exact) mass is 320 g/mol. The number of nitrogens with zero attached hydrogens (tertiary/aromatic N) is 1. The molecule has 23 heavy (non-hydrogen) atoms. The lowest BCUT2D eigenvalue weighted by Gasteiger charge is -2.35. The molecule has 1 aromatic heterocycles. The molecule has 126 valence electrons. The topological polar surface area (TPSA) is 82.8 Å². The Balaban J connectivity index is 1.63. The molecule has 3 unspecified atom stereocenters. The SMILES string of the molecule is CC1CC(CO)CN(C(=O)C(=O)NC2CCCc3occc32)C1. The fourth-order valence-electron chi connectivity index (χ4n) is 3.78. The molecule has 6 nitrogen and oxygen atoms in total. The van der Waals surface area contributed by atoms with Crippen LogP contribution in [0.5, 0.6) is 0 Å². The molecule has 1 aliphatic heterocycles. The molecule has 1 fully saturated rings. The number of aliphatic hydroxyl groups excluding tert-OH is 1. The van der Waals surface area contributed by atoms with Crippen LogP contribution in [0.15, 0.2) is 16.7 Å². The summed E-state index contributed by atoms with van der Waals surface area (Å²) in [5.74, 6) is 0.208. The van der Waals surface area contributed by atoms with Crippen LogP contribution in [-0.2, 0) is 16.0 Å². The lowest BCUT2D eigenvalue weighted by atomic mass is 9.91. The highest BCUT2D eigenvalue weighted by Crippen LogP contribution is 2.30. The van der Waals surface area contributed by atoms with Gasteiger partial charge in [0.05, 0.1) is 12.3 Å². The second kappa shape index (κ2) is 6.74. The molecule has 3 rings (SSSR count). The van der Waals surface area contributed by atoms with Gasteiger partial charge in [-0.15, -0.1) is 0 Å². The zero-order valence-electron chi connectivity index (χ0n) is 13.5. The zero-order valence-corrected chi connectivity index (χ0v) is 13.5. The molecule has 0 bridgehead atoms. The van der Waals surface area contributed by atoms with Gasteiger partial charge < -0.3 is 19.7 Å². The summed E-state index contributed by atoms with van der Waals surface area (Å²) in [4.78, 5) is 26.4. The number of likely N-dealkylation sites (tertiary alicyclic amines) is 1. The maximum absolute atomic E-state index is 12.4. The van der Waals surface area contributed by atoms with Crippen molar-refractivity contribution in [2.24, 2.45) is 11.8 Å². The molecule has 0 saturated carbocycles. The summed E-state index contributed by atoms with van der Waals surface area (Å²) < 4.78 is 5.41. The Morgan fingerprint density at radius 1 is 1.43 bits per heavy atom. The van der Waals surface area contributed by atoms with Gasteiger partial charge in [0.2, 0.25) is 0 Å². The molecule has 0 radical (unpaired) electrons. The van der Waals surface area contributed by atoms with E-state index in [2.05, 4.69) is 5.32 Å². The molecule has 1 aromatic rings. The van der Waals surface area contributed by atoms with Crippen LogP contribution >= 0.6 is 0 Å². The number of furan rings is 1. The van der Waals surface area contributed by atoms with Crippen molar-refractivity contribution in [2.45, 2.75) is 38.6 Å². The van der Waals surface area contributed by atoms with E-state index in [0.717, 1.165) is 37.0 Å². The third kappa shape index (κ3) is 3.42. The summed E-state index contributed by atoms with van der Waals surface area (Å²) in [5, 5.41) is 12.2. The molecule has 2 amide bonds. The third-order valence-electron chi connectivity index (χ3n) is 4.84. The lowest BCUT2D eigenvalue weighted by Crippen LogP contribution is -2.50. The number of aliphatic hydroxyl groups is 1. The first-order valence-corrected chi connectivity index (χ1v) is 8.35. The van der Waals surface area contributed by atoms with Crippen molar-refractivity contribution >= 4 is 11.8 Å². The van der Waals surface area contributed by atoms with Gasteiger partial charge >= 0.3 is 11.8 Å². The Bertz CT molecular complexity index is 583. The van der Waals surface area contributed by atoms with Crippen LogP contribution in [-0.4, -0.2) is 41.5 Å². The van der Waals surface area contributed by atoms with E-state index >= 15 is 0 Å². The minimum atomic E-state index is -0.560. The molecule has 0 spiro atoms. The average molecular weight is 320 g/mol. The minimum absolute atomic E-state index is 0.0523. The number of hydrogen-bond donors (Lipinski definition) is 2. The van der Waals surface area contributed by atoms with Crippen molar-refractivity contribution in [3.63, 3.8) is 0 Å². The molecular weight excluding hydrogens is 296 g/mol. The van der Waals surface area contributed by atoms with Crippen LogP contribution in [0.3, 0.4) is 0 Å². The fourth-order valence-corrected chi connectivity index (χ4v) is 3.78. The van der Waals surface area contributed by atoms with Gasteiger partial charge in [-0.25, -0.2) is 0 Å². The highest BCUT2D eigenvalue weighted by Gasteiger charge is 2.32. The summed E-state index contributed by atoms with van der Waals surface area (Å²) in [7, 11) is 0. The van der Waals surface area contributed by atoms with E-state index in [1.807, 2.05) is 13.0 Å². The molecule has 0 aromatic carbocycles. The molecule has 6 heteroatoms. The number of carbonyl (C=O) groups excluding carboxylic acids is 2. The van der Waals surface area contributed by atoms with E-state index in [0.29, 0.717) is 19.0 Å². The molecule has 1 saturated heterocycles. The number of nitrogens with one attached hydrogen (secondary N) is 1. The maximum atomic E-state index is 12.4. The number of carbonyl (C=O) groups is 2. The molecule has 2 N–H and O–H groups in total. The first kappa shape index (κ1) is 16.1. The predicted molar refractivity (Wildman–Crippen MR) is 83.5 cm³/mol. The quantitative estimate of drug-likeness (QED) is 0.804. The highest BCUT2D eigenvalue weighted by molar-refractivity contribution is 6.35. The van der Waals surface area contributed by atoms with Crippen LogP contribution in [0.2, 0.25) is 0 Å². The van der Waals surface area contributed by atoms with Crippen LogP contribution in [0.25, 0.3) is 0 Å². The van der Waals surface area contributed by atoms with Gasteiger partial charge in [0.15, 0.2) is 0 Å². The molecule has 1 aliphatic carbocycles. The van der Waals surface area contributed by atoms with Crippen LogP contribution in [0.4, 0.5) is 0 Å². The van der Waals surface area contributed by atoms with Crippen molar-refractivity contribution < 1.29 is 19.1 Å². The molecule has 2 heterocycles. The number of piperidine rings is 1. The van der Waals surface area contributed by atoms with Crippen LogP contribution in [0, 0.1) is 11.8 Å². The Morgan fingerprint density at radius 3 is 3.04 bits per heavy atom. The van der Waals surface area contributed by atoms with Crippen molar-refractivity contribution in [2.75, 3.05) is 19.7 Å². The smallest absolute Gasteiger partial charge is 0.311 e. The van der Waals surface area contributed by atoms with E-state index in [-0.39, 0.29) is 18.6 Å². The zero-order chi connectivity index (χ0) is 16.4. The Hall–Kier alpha value is -1.82. The van der Waals surface area contributed by atoms with Crippen molar-refractivity contribution in [1.29, 1.82) is 0 Å². The third-order valence-corrected chi connectivity index (χ3v) is 4.84. The number of rotatable bonds is 2. The summed E-state index contributed by atoms with van der Waals surface area (Å²) in [6.45, 7) is 3.12. The maximum Gasteiger partial charge on any atom is 0.311 e. The minimum Gasteiger partial charge on any atom is -0.469 e. The summed E-state index contributed by atoms with van der Waals surface area (Å²) >= 11 is 0. The van der Waals surface area contributed by atoms with Gasteiger partial charge in [-0.3, -0.25) is 9.59 Å². The first-order chi connectivity index (χ1) is 11.1. The summed E-state index contributed by atoms with van der Waals surface area (Å²) in [6.07, 6.45) is 5.16. The van der Waals surface area contributed by atoms with Gasteiger partial charge in [-0.05, 0) is 37.2 Å². The number of hydrogen-bond acceptors (Lipinski definition) is 4. The largest absolute Gasteiger partial charge is 0.469 e. The second-order valence-corrected chi connectivity index (χ2v) is 6.82.